The minimum atomic E-state index is -4.49. The van der Waals surface area contributed by atoms with Gasteiger partial charge in [0.1, 0.15) is 0 Å². The maximum Gasteiger partial charge on any atom is 0.416 e. The molecule has 0 aliphatic carbocycles. The van der Waals surface area contributed by atoms with E-state index in [1.165, 1.54) is 23.1 Å². The number of hydrogen-bond acceptors (Lipinski definition) is 5. The molecular formula is C31H27Cl2F3N6OS. The highest BCUT2D eigenvalue weighted by Crippen LogP contribution is 2.32. The monoisotopic (exact) mass is 658 g/mol. The van der Waals surface area contributed by atoms with Crippen molar-refractivity contribution >= 4 is 52.1 Å². The topological polar surface area (TPSA) is 86.0 Å². The molecule has 3 aromatic carbocycles. The molecule has 0 saturated heterocycles. The van der Waals surface area contributed by atoms with E-state index in [1.807, 2.05) is 16.7 Å². The van der Waals surface area contributed by atoms with Crippen LogP contribution in [0.5, 0.6) is 0 Å². The maximum absolute atomic E-state index is 13.8. The summed E-state index contributed by atoms with van der Waals surface area (Å²) in [6.07, 6.45) is -1.36. The average Bonchev–Trinajstić information content (AvgIpc) is 3.40. The summed E-state index contributed by atoms with van der Waals surface area (Å²) in [5.41, 5.74) is 1.87. The fourth-order valence-electron chi connectivity index (χ4n) is 4.54. The summed E-state index contributed by atoms with van der Waals surface area (Å²) in [6, 6.07) is 18.7. The van der Waals surface area contributed by atoms with Crippen LogP contribution in [0.1, 0.15) is 34.9 Å². The third-order valence-electron chi connectivity index (χ3n) is 6.75. The number of nitrogens with one attached hydrogen (secondary N) is 2. The van der Waals surface area contributed by atoms with Crippen LogP contribution >= 0.6 is 35.4 Å². The van der Waals surface area contributed by atoms with Crippen molar-refractivity contribution in [2.75, 3.05) is 11.9 Å². The molecule has 0 saturated carbocycles. The Morgan fingerprint density at radius 1 is 1.14 bits per heavy atom. The molecule has 7 nitrogen and oxygen atoms in total. The van der Waals surface area contributed by atoms with E-state index in [1.54, 1.807) is 49.8 Å². The Kier molecular flexibility index (Phi) is 11.0. The van der Waals surface area contributed by atoms with Crippen LogP contribution in [0.15, 0.2) is 79.3 Å². The lowest BCUT2D eigenvalue weighted by molar-refractivity contribution is -0.138. The molecule has 0 aliphatic rings. The minimum absolute atomic E-state index is 0.0578. The Balaban J connectivity index is 1.52. The first-order valence-corrected chi connectivity index (χ1v) is 14.5. The highest BCUT2D eigenvalue weighted by molar-refractivity contribution is 7.80. The van der Waals surface area contributed by atoms with Gasteiger partial charge in [-0.05, 0) is 66.7 Å². The van der Waals surface area contributed by atoms with Crippen molar-refractivity contribution in [2.24, 2.45) is 0 Å². The van der Waals surface area contributed by atoms with E-state index >= 15 is 0 Å². The number of hydrogen-bond donors (Lipinski definition) is 2. The zero-order valence-corrected chi connectivity index (χ0v) is 25.7. The smallest absolute Gasteiger partial charge is 0.331 e. The average molecular weight is 660 g/mol. The van der Waals surface area contributed by atoms with Gasteiger partial charge in [-0.3, -0.25) is 9.69 Å². The zero-order valence-electron chi connectivity index (χ0n) is 23.4. The molecule has 44 heavy (non-hydrogen) atoms. The normalized spacial score (nSPS) is 11.9. The predicted molar refractivity (Wildman–Crippen MR) is 168 cm³/mol. The number of nitrogens with zero attached hydrogens (tertiary/aromatic N) is 4. The van der Waals surface area contributed by atoms with E-state index in [9.17, 15) is 18.0 Å². The molecule has 228 valence electrons. The first kappa shape index (κ1) is 33.0. The van der Waals surface area contributed by atoms with Crippen molar-refractivity contribution < 1.29 is 18.0 Å². The van der Waals surface area contributed by atoms with Gasteiger partial charge in [-0.15, -0.1) is 0 Å². The Bertz CT molecular complexity index is 1670. The SMILES string of the molecule is C[C@@H](CNCc1ccccc1C(F)(F)F)N(C(=O)Cc1cncn1Cc1ccc(C#N)cc1)C(=S)Nc1ccc(Cl)cc1Cl. The molecule has 1 aromatic heterocycles. The second kappa shape index (κ2) is 14.7. The number of nitriles is 1. The lowest BCUT2D eigenvalue weighted by Gasteiger charge is -2.31. The summed E-state index contributed by atoms with van der Waals surface area (Å²) in [5, 5.41) is 15.9. The largest absolute Gasteiger partial charge is 0.416 e. The molecule has 13 heteroatoms. The number of rotatable bonds is 10. The summed E-state index contributed by atoms with van der Waals surface area (Å²) < 4.78 is 42.3. The lowest BCUT2D eigenvalue weighted by atomic mass is 10.1. The van der Waals surface area contributed by atoms with Gasteiger partial charge in [-0.2, -0.15) is 18.4 Å². The molecule has 1 heterocycles. The van der Waals surface area contributed by atoms with Gasteiger partial charge in [-0.25, -0.2) is 4.98 Å². The summed E-state index contributed by atoms with van der Waals surface area (Å²) >= 11 is 18.0. The van der Waals surface area contributed by atoms with Gasteiger partial charge in [0.15, 0.2) is 5.11 Å². The number of anilines is 1. The highest BCUT2D eigenvalue weighted by Gasteiger charge is 2.33. The Hall–Kier alpha value is -3.95. The number of amides is 1. The zero-order chi connectivity index (χ0) is 31.9. The van der Waals surface area contributed by atoms with Gasteiger partial charge in [0, 0.05) is 42.6 Å². The summed E-state index contributed by atoms with van der Waals surface area (Å²) in [4.78, 5) is 19.4. The van der Waals surface area contributed by atoms with Gasteiger partial charge in [-0.1, -0.05) is 53.5 Å². The highest BCUT2D eigenvalue weighted by atomic mass is 35.5. The van der Waals surface area contributed by atoms with Crippen molar-refractivity contribution in [3.05, 3.63) is 117 Å². The number of thiocarbonyl (C=S) groups is 1. The number of aromatic nitrogens is 2. The van der Waals surface area contributed by atoms with E-state index in [4.69, 9.17) is 40.7 Å². The van der Waals surface area contributed by atoms with Crippen LogP contribution in [0.2, 0.25) is 10.0 Å². The first-order valence-electron chi connectivity index (χ1n) is 13.4. The molecule has 4 aromatic rings. The third kappa shape index (κ3) is 8.57. The van der Waals surface area contributed by atoms with Crippen molar-refractivity contribution in [3.8, 4) is 6.07 Å². The first-order chi connectivity index (χ1) is 21.0. The summed E-state index contributed by atoms with van der Waals surface area (Å²) in [7, 11) is 0. The van der Waals surface area contributed by atoms with Gasteiger partial charge in [0.05, 0.1) is 40.7 Å². The third-order valence-corrected chi connectivity index (χ3v) is 7.59. The van der Waals surface area contributed by atoms with Crippen molar-refractivity contribution in [2.45, 2.75) is 38.7 Å². The van der Waals surface area contributed by atoms with Crippen LogP contribution in [0, 0.1) is 11.3 Å². The molecule has 1 atom stereocenters. The van der Waals surface area contributed by atoms with E-state index in [0.29, 0.717) is 33.5 Å². The number of imidazole rings is 1. The molecule has 4 rings (SSSR count). The van der Waals surface area contributed by atoms with E-state index in [2.05, 4.69) is 21.7 Å². The Labute approximate surface area is 268 Å². The molecule has 0 aliphatic heterocycles. The lowest BCUT2D eigenvalue weighted by Crippen LogP contribution is -2.50. The maximum atomic E-state index is 13.8. The molecule has 0 radical (unpaired) electrons. The van der Waals surface area contributed by atoms with Gasteiger partial charge in [0.25, 0.3) is 0 Å². The standard InChI is InChI=1S/C31H27Cl2F3N6OS/c1-20(15-38-16-23-4-2-3-5-26(23)31(34,35)36)42(30(44)40-28-11-10-24(32)12-27(28)33)29(43)13-25-17-39-19-41(25)18-22-8-6-21(14-37)7-9-22/h2-12,17,19-20,38H,13,15-16,18H2,1H3,(H,40,44)/t20-/m0/s1. The van der Waals surface area contributed by atoms with Crippen molar-refractivity contribution in [3.63, 3.8) is 0 Å². The Morgan fingerprint density at radius 2 is 1.86 bits per heavy atom. The quantitative estimate of drug-likeness (QED) is 0.177. The number of benzene rings is 3. The Morgan fingerprint density at radius 3 is 2.55 bits per heavy atom. The molecule has 0 unspecified atom stereocenters. The van der Waals surface area contributed by atoms with Crippen LogP contribution in [0.4, 0.5) is 18.9 Å². The van der Waals surface area contributed by atoms with Crippen LogP contribution < -0.4 is 10.6 Å². The molecule has 2 N–H and O–H groups in total. The van der Waals surface area contributed by atoms with Crippen LogP contribution in [0.3, 0.4) is 0 Å². The number of halogens is 5. The van der Waals surface area contributed by atoms with E-state index in [-0.39, 0.29) is 36.1 Å². The summed E-state index contributed by atoms with van der Waals surface area (Å²) in [5.74, 6) is -0.362. The van der Waals surface area contributed by atoms with Crippen molar-refractivity contribution in [1.29, 1.82) is 5.26 Å². The molecule has 0 bridgehead atoms. The predicted octanol–water partition coefficient (Wildman–Crippen LogP) is 7.08. The van der Waals surface area contributed by atoms with Gasteiger partial charge >= 0.3 is 6.18 Å². The number of carbonyl (C=O) groups is 1. The fraction of sp³-hybridized carbons (Fsp3) is 0.226. The van der Waals surface area contributed by atoms with E-state index < -0.39 is 17.8 Å². The minimum Gasteiger partial charge on any atom is -0.331 e. The van der Waals surface area contributed by atoms with Crippen LogP contribution in [-0.2, 0) is 30.5 Å². The van der Waals surface area contributed by atoms with Gasteiger partial charge < -0.3 is 15.2 Å². The number of alkyl halides is 3. The second-order valence-corrected chi connectivity index (χ2v) is 11.2. The van der Waals surface area contributed by atoms with Crippen molar-refractivity contribution in [1.82, 2.24) is 19.8 Å². The number of carbonyl (C=O) groups excluding carboxylic acids is 1. The van der Waals surface area contributed by atoms with E-state index in [0.717, 1.165) is 11.6 Å². The molecule has 0 fully saturated rings. The van der Waals surface area contributed by atoms with Crippen LogP contribution in [0.25, 0.3) is 0 Å². The molecular weight excluding hydrogens is 632 g/mol. The summed E-state index contributed by atoms with van der Waals surface area (Å²) in [6.45, 7) is 2.24. The molecule has 0 spiro atoms. The fourth-order valence-corrected chi connectivity index (χ4v) is 5.39. The van der Waals surface area contributed by atoms with Gasteiger partial charge in [0.2, 0.25) is 5.91 Å². The molecule has 1 amide bonds. The second-order valence-electron chi connectivity index (χ2n) is 9.95. The van der Waals surface area contributed by atoms with Crippen LogP contribution in [-0.4, -0.2) is 38.1 Å².